The third-order valence-electron chi connectivity index (χ3n) is 9.48. The summed E-state index contributed by atoms with van der Waals surface area (Å²) in [5.74, 6) is -1.22. The van der Waals surface area contributed by atoms with E-state index in [1.807, 2.05) is 16.3 Å². The van der Waals surface area contributed by atoms with Crippen molar-refractivity contribution in [2.45, 2.75) is 89.4 Å². The summed E-state index contributed by atoms with van der Waals surface area (Å²) in [6, 6.07) is 9.04. The van der Waals surface area contributed by atoms with Crippen molar-refractivity contribution in [2.75, 3.05) is 26.2 Å². The summed E-state index contributed by atoms with van der Waals surface area (Å²) in [5, 5.41) is 11.8. The Morgan fingerprint density at radius 1 is 1.05 bits per heavy atom. The van der Waals surface area contributed by atoms with Crippen molar-refractivity contribution in [3.8, 4) is 17.2 Å². The molecule has 4 atom stereocenters. The quantitative estimate of drug-likeness (QED) is 0.365. The molecule has 4 aliphatic rings. The van der Waals surface area contributed by atoms with Crippen molar-refractivity contribution in [1.29, 1.82) is 5.26 Å². The Bertz CT molecular complexity index is 1470. The fourth-order valence-electron chi connectivity index (χ4n) is 7.15. The number of ketones is 1. The van der Waals surface area contributed by atoms with Gasteiger partial charge in [0.25, 0.3) is 5.91 Å². The molecule has 0 radical (unpaired) electrons. The molecular formula is C34H41FN4O4S. The predicted molar refractivity (Wildman–Crippen MR) is 166 cm³/mol. The van der Waals surface area contributed by atoms with E-state index in [0.29, 0.717) is 22.0 Å². The molecular weight excluding hydrogens is 579 g/mol. The Morgan fingerprint density at radius 3 is 2.43 bits per heavy atom. The molecule has 8 nitrogen and oxygen atoms in total. The van der Waals surface area contributed by atoms with E-state index < -0.39 is 29.5 Å². The van der Waals surface area contributed by atoms with E-state index in [9.17, 15) is 19.6 Å². The SMILES string of the molecule is CC(C)(C)OC(=O)N1[C@@H]2CC[C@@H](C2)[C@H]1C(=O)C[C@H](C#N)Cc1ccc(-c2csc(C(=O)N3CCN(C4CC4)CC3)c2)cc1F. The van der Waals surface area contributed by atoms with Gasteiger partial charge in [0.2, 0.25) is 0 Å². The lowest BCUT2D eigenvalue weighted by Crippen LogP contribution is -2.51. The lowest BCUT2D eigenvalue weighted by atomic mass is 9.87. The monoisotopic (exact) mass is 620 g/mol. The molecule has 10 heteroatoms. The van der Waals surface area contributed by atoms with Crippen LogP contribution in [-0.4, -0.2) is 82.4 Å². The molecule has 2 saturated carbocycles. The van der Waals surface area contributed by atoms with E-state index in [1.165, 1.54) is 30.2 Å². The zero-order valence-electron chi connectivity index (χ0n) is 25.8. The Labute approximate surface area is 262 Å². The number of hydrogen-bond acceptors (Lipinski definition) is 7. The first-order valence-corrected chi connectivity index (χ1v) is 16.7. The number of amides is 2. The summed E-state index contributed by atoms with van der Waals surface area (Å²) >= 11 is 1.37. The predicted octanol–water partition coefficient (Wildman–Crippen LogP) is 5.90. The van der Waals surface area contributed by atoms with Crippen LogP contribution in [0.15, 0.2) is 29.6 Å². The van der Waals surface area contributed by atoms with E-state index in [0.717, 1.165) is 51.0 Å². The first-order valence-electron chi connectivity index (χ1n) is 15.8. The molecule has 2 aliphatic heterocycles. The van der Waals surface area contributed by atoms with E-state index in [2.05, 4.69) is 11.0 Å². The minimum atomic E-state index is -0.715. The van der Waals surface area contributed by atoms with Gasteiger partial charge >= 0.3 is 6.09 Å². The average molecular weight is 621 g/mol. The van der Waals surface area contributed by atoms with Crippen molar-refractivity contribution in [2.24, 2.45) is 11.8 Å². The minimum Gasteiger partial charge on any atom is -0.444 e. The first kappa shape index (κ1) is 30.7. The molecule has 2 bridgehead atoms. The fourth-order valence-corrected chi connectivity index (χ4v) is 8.03. The molecule has 0 N–H and O–H groups in total. The number of nitriles is 1. The van der Waals surface area contributed by atoms with Gasteiger partial charge in [0.05, 0.1) is 22.9 Å². The second-order valence-corrected chi connectivity index (χ2v) is 14.7. The number of carbonyl (C=O) groups is 3. The number of ether oxygens (including phenoxy) is 1. The first-order chi connectivity index (χ1) is 21.0. The molecule has 2 amide bonds. The largest absolute Gasteiger partial charge is 0.444 e. The molecule has 6 rings (SSSR count). The van der Waals surface area contributed by atoms with Crippen LogP contribution in [-0.2, 0) is 16.0 Å². The molecule has 1 aromatic carbocycles. The zero-order chi connectivity index (χ0) is 31.2. The van der Waals surface area contributed by atoms with Gasteiger partial charge in [-0.25, -0.2) is 9.18 Å². The van der Waals surface area contributed by atoms with Crippen LogP contribution in [0.3, 0.4) is 0 Å². The summed E-state index contributed by atoms with van der Waals surface area (Å²) in [4.78, 5) is 46.2. The van der Waals surface area contributed by atoms with Crippen LogP contribution in [0.1, 0.15) is 74.5 Å². The van der Waals surface area contributed by atoms with E-state index in [1.54, 1.807) is 37.8 Å². The third-order valence-corrected chi connectivity index (χ3v) is 10.4. The van der Waals surface area contributed by atoms with E-state index >= 15 is 4.39 Å². The summed E-state index contributed by atoms with van der Waals surface area (Å²) in [6.45, 7) is 8.70. The van der Waals surface area contributed by atoms with Gasteiger partial charge in [0.15, 0.2) is 5.78 Å². The number of carbonyl (C=O) groups excluding carboxylic acids is 3. The van der Waals surface area contributed by atoms with Crippen molar-refractivity contribution in [1.82, 2.24) is 14.7 Å². The van der Waals surface area contributed by atoms with Gasteiger partial charge in [-0.15, -0.1) is 11.3 Å². The summed E-state index contributed by atoms with van der Waals surface area (Å²) < 4.78 is 20.9. The van der Waals surface area contributed by atoms with E-state index in [4.69, 9.17) is 4.74 Å². The van der Waals surface area contributed by atoms with Crippen LogP contribution in [0.25, 0.3) is 11.1 Å². The zero-order valence-corrected chi connectivity index (χ0v) is 26.6. The minimum absolute atomic E-state index is 0.0141. The number of Topliss-reactive ketones (excluding diaryl/α,β-unsaturated/α-hetero) is 1. The number of fused-ring (bicyclic) bond motifs is 2. The number of benzene rings is 1. The maximum absolute atomic E-state index is 15.3. The van der Waals surface area contributed by atoms with Gasteiger partial charge < -0.3 is 9.64 Å². The molecule has 0 spiro atoms. The number of piperidine rings is 1. The highest BCUT2D eigenvalue weighted by Gasteiger charge is 2.52. The highest BCUT2D eigenvalue weighted by Crippen LogP contribution is 2.44. The van der Waals surface area contributed by atoms with Crippen LogP contribution in [0.2, 0.25) is 0 Å². The van der Waals surface area contributed by atoms with Crippen molar-refractivity contribution < 1.29 is 23.5 Å². The van der Waals surface area contributed by atoms with Crippen LogP contribution in [0.4, 0.5) is 9.18 Å². The summed E-state index contributed by atoms with van der Waals surface area (Å²) in [6.07, 6.45) is 4.61. The Morgan fingerprint density at radius 2 is 1.77 bits per heavy atom. The molecule has 2 aromatic rings. The number of thiophene rings is 1. The van der Waals surface area contributed by atoms with Gasteiger partial charge in [-0.1, -0.05) is 12.1 Å². The van der Waals surface area contributed by atoms with Crippen molar-refractivity contribution >= 4 is 29.1 Å². The summed E-state index contributed by atoms with van der Waals surface area (Å²) in [5.41, 5.74) is 1.15. The van der Waals surface area contributed by atoms with Crippen molar-refractivity contribution in [3.05, 3.63) is 45.9 Å². The highest BCUT2D eigenvalue weighted by molar-refractivity contribution is 7.12. The molecule has 4 fully saturated rings. The Hall–Kier alpha value is -3.29. The average Bonchev–Trinajstić information content (AvgIpc) is 3.37. The smallest absolute Gasteiger partial charge is 0.411 e. The van der Waals surface area contributed by atoms with Gasteiger partial charge in [0.1, 0.15) is 11.4 Å². The second-order valence-electron chi connectivity index (χ2n) is 13.8. The number of halogens is 1. The molecule has 2 aliphatic carbocycles. The topological polar surface area (TPSA) is 93.9 Å². The number of rotatable bonds is 8. The molecule has 3 heterocycles. The highest BCUT2D eigenvalue weighted by atomic mass is 32.1. The molecule has 1 aromatic heterocycles. The number of piperazine rings is 1. The Balaban J connectivity index is 1.08. The number of hydrogen-bond donors (Lipinski definition) is 0. The second kappa shape index (κ2) is 12.2. The van der Waals surface area contributed by atoms with E-state index in [-0.39, 0.29) is 36.5 Å². The normalized spacial score (nSPS) is 24.3. The lowest BCUT2D eigenvalue weighted by molar-refractivity contribution is -0.126. The molecule has 234 valence electrons. The maximum Gasteiger partial charge on any atom is 0.411 e. The third kappa shape index (κ3) is 6.54. The number of nitrogens with zero attached hydrogens (tertiary/aromatic N) is 4. The van der Waals surface area contributed by atoms with Gasteiger partial charge in [-0.05, 0) is 99.4 Å². The maximum atomic E-state index is 15.3. The molecule has 44 heavy (non-hydrogen) atoms. The van der Waals surface area contributed by atoms with Gasteiger partial charge in [0, 0.05) is 44.7 Å². The van der Waals surface area contributed by atoms with Crippen LogP contribution >= 0.6 is 11.3 Å². The van der Waals surface area contributed by atoms with Crippen LogP contribution in [0.5, 0.6) is 0 Å². The standard InChI is InChI=1S/C34H41FN4O4S/c1-34(2,3)43-33(42)39-27-7-6-24(16-27)31(39)29(40)15-21(19-36)14-23-5-4-22(17-28(23)35)25-18-30(44-20-25)32(41)38-12-10-37(11-13-38)26-8-9-26/h4-5,17-18,20-21,24,26-27,31H,6-16H2,1-3H3/t21-,24+,27-,31+/m1/s1. The van der Waals surface area contributed by atoms with Crippen LogP contribution in [0, 0.1) is 29.0 Å². The Kier molecular flexibility index (Phi) is 8.55. The van der Waals surface area contributed by atoms with Gasteiger partial charge in [-0.3, -0.25) is 19.4 Å². The lowest BCUT2D eigenvalue weighted by Gasteiger charge is -2.35. The molecule has 0 unspecified atom stereocenters. The number of likely N-dealkylation sites (tertiary alicyclic amines) is 1. The van der Waals surface area contributed by atoms with Gasteiger partial charge in [-0.2, -0.15) is 5.26 Å². The molecule has 2 saturated heterocycles. The fraction of sp³-hybridized carbons (Fsp3) is 0.588. The van der Waals surface area contributed by atoms with Crippen molar-refractivity contribution in [3.63, 3.8) is 0 Å². The van der Waals surface area contributed by atoms with Crippen LogP contribution < -0.4 is 0 Å². The summed E-state index contributed by atoms with van der Waals surface area (Å²) in [7, 11) is 0.